The Morgan fingerprint density at radius 3 is 2.25 bits per heavy atom. The number of carbonyl (C=O) groups is 3. The van der Waals surface area contributed by atoms with Crippen LogP contribution in [-0.4, -0.2) is 173 Å². The number of hydrogen-bond donors (Lipinski definition) is 3. The smallest absolute Gasteiger partial charge is 0.264 e. The van der Waals surface area contributed by atoms with Gasteiger partial charge in [-0.3, -0.25) is 34.2 Å². The van der Waals surface area contributed by atoms with E-state index in [1.54, 1.807) is 30.0 Å². The molecule has 0 bridgehead atoms. The average molecular weight is 1210 g/mol. The maximum atomic E-state index is 13.5. The zero-order valence-electron chi connectivity index (χ0n) is 46.0. The van der Waals surface area contributed by atoms with Crippen molar-refractivity contribution in [3.05, 3.63) is 132 Å². The van der Waals surface area contributed by atoms with Crippen LogP contribution < -0.4 is 20.3 Å². The van der Waals surface area contributed by atoms with Gasteiger partial charge < -0.3 is 48.9 Å². The van der Waals surface area contributed by atoms with Gasteiger partial charge >= 0.3 is 0 Å². The molecule has 1 aliphatic carbocycles. The van der Waals surface area contributed by atoms with E-state index in [-0.39, 0.29) is 76.6 Å². The van der Waals surface area contributed by atoms with Gasteiger partial charge in [-0.25, -0.2) is 8.42 Å². The molecular weight excluding hydrogens is 1140 g/mol. The van der Waals surface area contributed by atoms with Crippen molar-refractivity contribution in [2.24, 2.45) is 5.41 Å². The summed E-state index contributed by atoms with van der Waals surface area (Å²) in [7, 11) is -4.16. The van der Waals surface area contributed by atoms with E-state index in [2.05, 4.69) is 77.1 Å². The van der Waals surface area contributed by atoms with Gasteiger partial charge in [0.2, 0.25) is 21.8 Å². The number of piperazine rings is 1. The van der Waals surface area contributed by atoms with Crippen LogP contribution in [0.2, 0.25) is 5.02 Å². The number of hydrogen-bond acceptors (Lipinski definition) is 13. The molecular formula is C58H76ClF3N8O8S2Sc-2. The summed E-state index contributed by atoms with van der Waals surface area (Å²) in [5.41, 5.74) is 6.20. The number of halogens is 4. The summed E-state index contributed by atoms with van der Waals surface area (Å²) < 4.78 is 63.7. The molecule has 4 aromatic rings. The fourth-order valence-electron chi connectivity index (χ4n) is 11.3. The number of rotatable bonds is 18. The van der Waals surface area contributed by atoms with Gasteiger partial charge in [0.15, 0.2) is 6.68 Å². The third-order valence-corrected chi connectivity index (χ3v) is 18.1. The van der Waals surface area contributed by atoms with Gasteiger partial charge in [0, 0.05) is 150 Å². The first-order valence-corrected chi connectivity index (χ1v) is 29.9. The number of nitrogens with zero attached hydrogens (tertiary/aromatic N) is 5. The number of nitrogens with one attached hydrogen (secondary N) is 3. The Morgan fingerprint density at radius 1 is 0.852 bits per heavy atom. The normalized spacial score (nSPS) is 21.2. The predicted octanol–water partition coefficient (Wildman–Crippen LogP) is 7.21. The summed E-state index contributed by atoms with van der Waals surface area (Å²) in [4.78, 5) is 51.3. The van der Waals surface area contributed by atoms with Crippen LogP contribution in [0.3, 0.4) is 0 Å². The SMILES string of the molecule is C[C@@]1(CN2CCCN(C3CCC(=O)NC3=O)CC2)CCC(c2ccc(Cl)cc2)=C(CN2CCN(c3ccc(C(=O)NS(=O)(=O)c4c[c-]c(N[C@H](CCN5CCCOCC5)CSc5ccccc5)cc4)cc3)CC2)C1.F[C-](F)F.O.O.[Sc]. The summed E-state index contributed by atoms with van der Waals surface area (Å²) >= 11 is 8.14. The Balaban J connectivity index is 0.00000167. The van der Waals surface area contributed by atoms with Crippen molar-refractivity contribution in [1.29, 1.82) is 0 Å². The minimum Gasteiger partial charge on any atom is -0.412 e. The van der Waals surface area contributed by atoms with E-state index >= 15 is 0 Å². The van der Waals surface area contributed by atoms with Gasteiger partial charge in [-0.1, -0.05) is 60.1 Å². The monoisotopic (exact) mass is 1210 g/mol. The molecule has 441 valence electrons. The first-order valence-electron chi connectivity index (χ1n) is 27.1. The first kappa shape index (κ1) is 67.6. The van der Waals surface area contributed by atoms with Crippen molar-refractivity contribution in [3.8, 4) is 0 Å². The molecule has 4 aromatic carbocycles. The number of benzene rings is 4. The van der Waals surface area contributed by atoms with Crippen LogP contribution in [-0.2, 0) is 50.2 Å². The molecule has 81 heavy (non-hydrogen) atoms. The zero-order valence-corrected chi connectivity index (χ0v) is 50.1. The minimum absolute atomic E-state index is 0. The third kappa shape index (κ3) is 20.5. The van der Waals surface area contributed by atoms with Crippen molar-refractivity contribution in [2.75, 3.05) is 114 Å². The fraction of sp³-hybridized carbons (Fsp3) is 0.483. The Bertz CT molecular complexity index is 2750. The first-order chi connectivity index (χ1) is 37.6. The molecule has 3 atom stereocenters. The van der Waals surface area contributed by atoms with E-state index in [9.17, 15) is 36.0 Å². The van der Waals surface area contributed by atoms with E-state index in [1.807, 2.05) is 42.5 Å². The number of ether oxygens (including phenoxy) is 1. The van der Waals surface area contributed by atoms with Gasteiger partial charge in [-0.2, -0.15) is 18.2 Å². The topological polar surface area (TPSA) is 210 Å². The Kier molecular flexibility index (Phi) is 27.3. The molecule has 1 unspecified atom stereocenters. The molecule has 4 aliphatic heterocycles. The van der Waals surface area contributed by atoms with Crippen molar-refractivity contribution < 1.29 is 77.5 Å². The molecule has 4 saturated heterocycles. The molecule has 7 N–H and O–H groups in total. The van der Waals surface area contributed by atoms with Gasteiger partial charge in [-0.05, 0) is 121 Å². The summed E-state index contributed by atoms with van der Waals surface area (Å²) in [6.07, 6.45) is 7.02. The number of piperidine rings is 1. The molecule has 4 heterocycles. The maximum absolute atomic E-state index is 13.5. The molecule has 3 amide bonds. The molecule has 4 fully saturated rings. The zero-order chi connectivity index (χ0) is 55.1. The van der Waals surface area contributed by atoms with Crippen LogP contribution in [0, 0.1) is 18.2 Å². The Morgan fingerprint density at radius 2 is 1.56 bits per heavy atom. The van der Waals surface area contributed by atoms with Crippen molar-refractivity contribution in [3.63, 3.8) is 0 Å². The van der Waals surface area contributed by atoms with Crippen molar-refractivity contribution in [2.45, 2.75) is 80.2 Å². The molecule has 9 rings (SSSR count). The van der Waals surface area contributed by atoms with Gasteiger partial charge in [0.05, 0.1) is 12.6 Å². The van der Waals surface area contributed by atoms with E-state index in [0.29, 0.717) is 18.5 Å². The quantitative estimate of drug-likeness (QED) is 0.0512. The second-order valence-corrected chi connectivity index (χ2v) is 24.4. The number of allylic oxidation sites excluding steroid dienone is 1. The van der Waals surface area contributed by atoms with Gasteiger partial charge in [-0.15, -0.1) is 17.8 Å². The number of amides is 3. The van der Waals surface area contributed by atoms with Crippen LogP contribution in [0.15, 0.2) is 112 Å². The summed E-state index contributed by atoms with van der Waals surface area (Å²) in [6.45, 7) is 12.6. The van der Waals surface area contributed by atoms with Crippen LogP contribution in [0.1, 0.15) is 74.2 Å². The molecule has 0 saturated carbocycles. The van der Waals surface area contributed by atoms with Crippen molar-refractivity contribution in [1.82, 2.24) is 29.6 Å². The van der Waals surface area contributed by atoms with Crippen LogP contribution in [0.4, 0.5) is 24.5 Å². The molecule has 16 nitrogen and oxygen atoms in total. The number of carbonyl (C=O) groups excluding carboxylic acids is 3. The number of sulfonamides is 1. The molecule has 0 spiro atoms. The van der Waals surface area contributed by atoms with Crippen LogP contribution in [0.5, 0.6) is 0 Å². The summed E-state index contributed by atoms with van der Waals surface area (Å²) in [6, 6.07) is 33.5. The standard InChI is InChI=1S/C57H72ClN8O6S2.CF3.2H2O.Sc/c1-57(42-64-26-5-28-66(35-32-64)53-21-22-54(67)60-56(53)69)25-23-52(43-9-13-46(58)14-10-43)45(39-57)40-63-30-33-65(34-31-63)49-17-11-44(12-18-49)55(68)61-74(70,71)51-19-15-47(16-20-51)59-48(41-73-50-7-3-2-4-8-50)24-29-62-27-6-37-72-38-36-62;2-1(3)4;;;/h2-4,7-15,17-20,48,53,59H,5-6,21-42H2,1H3,(H,61,68)(H,60,67,69);;2*1H2;/q2*-1;;;/t48-,53?,57-;;;;/m1..../s1. The molecule has 5 aliphatic rings. The second kappa shape index (κ2) is 32.7. The van der Waals surface area contributed by atoms with E-state index in [1.165, 1.54) is 33.7 Å². The molecule has 0 aromatic heterocycles. The molecule has 23 heteroatoms. The summed E-state index contributed by atoms with van der Waals surface area (Å²) in [5.74, 6) is -0.173. The van der Waals surface area contributed by atoms with Gasteiger partial charge in [0.25, 0.3) is 5.91 Å². The second-order valence-electron chi connectivity index (χ2n) is 21.2. The Hall–Kier alpha value is -4.20. The number of imide groups is 1. The largest absolute Gasteiger partial charge is 0.412 e. The maximum Gasteiger partial charge on any atom is 0.264 e. The van der Waals surface area contributed by atoms with E-state index < -0.39 is 22.6 Å². The minimum atomic E-state index is -4.16. The fourth-order valence-corrected chi connectivity index (χ4v) is 13.3. The van der Waals surface area contributed by atoms with Crippen LogP contribution >= 0.6 is 23.4 Å². The van der Waals surface area contributed by atoms with Gasteiger partial charge in [0.1, 0.15) is 0 Å². The average Bonchev–Trinajstić information content (AvgIpc) is 3.83. The van der Waals surface area contributed by atoms with E-state index in [4.69, 9.17) is 16.3 Å². The number of thioether (sulfide) groups is 1. The van der Waals surface area contributed by atoms with Crippen LogP contribution in [0.25, 0.3) is 5.57 Å². The Labute approximate surface area is 503 Å². The molecule has 1 radical (unpaired) electrons. The predicted molar refractivity (Wildman–Crippen MR) is 309 cm³/mol. The van der Waals surface area contributed by atoms with E-state index in [0.717, 1.165) is 153 Å². The van der Waals surface area contributed by atoms with Crippen molar-refractivity contribution >= 4 is 68.1 Å². The number of anilines is 2. The third-order valence-electron chi connectivity index (χ3n) is 15.4. The summed E-state index contributed by atoms with van der Waals surface area (Å²) in [5, 5.41) is 6.87.